The topological polar surface area (TPSA) is 264 Å². The summed E-state index contributed by atoms with van der Waals surface area (Å²) in [5.74, 6) is -1.65. The molecule has 0 bridgehead atoms. The van der Waals surface area contributed by atoms with Gasteiger partial charge in [0.25, 0.3) is 0 Å². The van der Waals surface area contributed by atoms with E-state index in [2.05, 4.69) is 42.2 Å². The van der Waals surface area contributed by atoms with Gasteiger partial charge in [-0.2, -0.15) is 4.99 Å². The maximum Gasteiger partial charge on any atom is 0.408 e. The number of rotatable bonds is 23. The number of benzene rings is 3. The molecule has 3 aromatic carbocycles. The standard InChI is InChI=1S/C44H61N9O9/c1-5-36(55)47-24-25-49-42(59)53-41(45)48-23-12-17-35(39(57)50-28-30-18-20-33(54)21-19-30)52-40(58)38(31-13-7-6-8-14-31)32-15-11-16-34(27-32)61-26-10-9-22-46-37(56)29-51-43(60)62-44(2,3)4/h6-8,11,13-16,18-21,27,35,38,54H,5,9-10,12,17,22-26,28-29H2,1-4H3,(H,46,56)(H,47,55)(H,50,57)(H,51,60)(H,52,58)(H4,45,48,49,53,59)/t35-,38?/m1/s1. The maximum atomic E-state index is 14.3. The minimum absolute atomic E-state index is 0.0908. The zero-order valence-corrected chi connectivity index (χ0v) is 35.9. The second kappa shape index (κ2) is 26.4. The third-order valence-corrected chi connectivity index (χ3v) is 8.82. The summed E-state index contributed by atoms with van der Waals surface area (Å²) in [5, 5.41) is 28.7. The summed E-state index contributed by atoms with van der Waals surface area (Å²) >= 11 is 0. The second-order valence-corrected chi connectivity index (χ2v) is 15.1. The minimum Gasteiger partial charge on any atom is -0.508 e. The number of nitrogens with one attached hydrogen (secondary N) is 7. The van der Waals surface area contributed by atoms with Gasteiger partial charge in [0, 0.05) is 39.1 Å². The number of guanidine groups is 1. The van der Waals surface area contributed by atoms with Gasteiger partial charge in [-0.15, -0.1) is 0 Å². The minimum atomic E-state index is -0.972. The lowest BCUT2D eigenvalue weighted by Gasteiger charge is -2.24. The lowest BCUT2D eigenvalue weighted by Crippen LogP contribution is -2.48. The van der Waals surface area contributed by atoms with Crippen molar-refractivity contribution in [1.29, 1.82) is 0 Å². The Balaban J connectivity index is 1.63. The van der Waals surface area contributed by atoms with Crippen LogP contribution in [0.5, 0.6) is 11.5 Å². The number of carbonyl (C=O) groups is 6. The Hall–Kier alpha value is -6.85. The number of aliphatic imine (C=N–C) groups is 1. The zero-order chi connectivity index (χ0) is 45.3. The van der Waals surface area contributed by atoms with E-state index in [1.54, 1.807) is 58.0 Å². The highest BCUT2D eigenvalue weighted by atomic mass is 16.6. The van der Waals surface area contributed by atoms with Crippen LogP contribution in [0.25, 0.3) is 0 Å². The van der Waals surface area contributed by atoms with Crippen molar-refractivity contribution in [2.45, 2.75) is 83.9 Å². The highest BCUT2D eigenvalue weighted by molar-refractivity contribution is 5.93. The monoisotopic (exact) mass is 859 g/mol. The number of urea groups is 1. The maximum absolute atomic E-state index is 14.3. The summed E-state index contributed by atoms with van der Waals surface area (Å²) in [5.41, 5.74) is 7.31. The van der Waals surface area contributed by atoms with Crippen LogP contribution in [0.2, 0.25) is 0 Å². The van der Waals surface area contributed by atoms with Gasteiger partial charge in [-0.3, -0.25) is 19.2 Å². The van der Waals surface area contributed by atoms with Crippen molar-refractivity contribution in [2.75, 3.05) is 39.3 Å². The molecule has 3 rings (SSSR count). The van der Waals surface area contributed by atoms with Crippen molar-refractivity contribution in [3.8, 4) is 11.5 Å². The Morgan fingerprint density at radius 2 is 1.40 bits per heavy atom. The average molecular weight is 860 g/mol. The van der Waals surface area contributed by atoms with Gasteiger partial charge < -0.3 is 57.5 Å². The number of carbonyl (C=O) groups excluding carboxylic acids is 6. The predicted octanol–water partition coefficient (Wildman–Crippen LogP) is 3.05. The molecular formula is C44H61N9O9. The number of nitrogens with zero attached hydrogens (tertiary/aromatic N) is 1. The lowest BCUT2D eigenvalue weighted by atomic mass is 9.90. The molecule has 62 heavy (non-hydrogen) atoms. The van der Waals surface area contributed by atoms with Gasteiger partial charge in [-0.25, -0.2) is 9.59 Å². The van der Waals surface area contributed by atoms with Gasteiger partial charge in [0.15, 0.2) is 5.96 Å². The fourth-order valence-corrected chi connectivity index (χ4v) is 5.76. The molecule has 18 nitrogen and oxygen atoms in total. The molecule has 0 aliphatic heterocycles. The molecule has 0 aliphatic rings. The fraction of sp³-hybridized carbons (Fsp3) is 0.432. The van der Waals surface area contributed by atoms with Crippen molar-refractivity contribution in [3.63, 3.8) is 0 Å². The van der Waals surface area contributed by atoms with E-state index in [0.717, 1.165) is 5.56 Å². The number of hydrogen-bond acceptors (Lipinski definition) is 9. The summed E-state index contributed by atoms with van der Waals surface area (Å²) in [6.45, 7) is 8.25. The third-order valence-electron chi connectivity index (χ3n) is 8.82. The molecule has 0 fully saturated rings. The average Bonchev–Trinajstić information content (AvgIpc) is 3.23. The van der Waals surface area contributed by atoms with Gasteiger partial charge in [-0.1, -0.05) is 61.5 Å². The number of ether oxygens (including phenoxy) is 2. The predicted molar refractivity (Wildman–Crippen MR) is 234 cm³/mol. The first kappa shape index (κ1) is 49.5. The van der Waals surface area contributed by atoms with Crippen LogP contribution in [-0.4, -0.2) is 97.8 Å². The fourth-order valence-electron chi connectivity index (χ4n) is 5.76. The molecule has 3 aromatic rings. The molecule has 18 heteroatoms. The highest BCUT2D eigenvalue weighted by Crippen LogP contribution is 2.28. The van der Waals surface area contributed by atoms with Crippen molar-refractivity contribution in [3.05, 3.63) is 95.6 Å². The summed E-state index contributed by atoms with van der Waals surface area (Å²) < 4.78 is 11.2. The van der Waals surface area contributed by atoms with Crippen LogP contribution in [-0.2, 0) is 30.5 Å². The first-order valence-electron chi connectivity index (χ1n) is 20.6. The van der Waals surface area contributed by atoms with Gasteiger partial charge in [0.2, 0.25) is 23.6 Å². The molecule has 0 heterocycles. The first-order valence-corrected chi connectivity index (χ1v) is 20.6. The Kier molecular flexibility index (Phi) is 21.1. The largest absolute Gasteiger partial charge is 0.508 e. The van der Waals surface area contributed by atoms with Gasteiger partial charge in [0.1, 0.15) is 23.1 Å². The van der Waals surface area contributed by atoms with Crippen molar-refractivity contribution >= 4 is 41.7 Å². The molecule has 1 unspecified atom stereocenters. The number of unbranched alkanes of at least 4 members (excludes halogenated alkanes) is 1. The van der Waals surface area contributed by atoms with Gasteiger partial charge >= 0.3 is 12.1 Å². The second-order valence-electron chi connectivity index (χ2n) is 15.1. The van der Waals surface area contributed by atoms with Crippen LogP contribution in [0.4, 0.5) is 9.59 Å². The lowest BCUT2D eigenvalue weighted by molar-refractivity contribution is -0.129. The van der Waals surface area contributed by atoms with E-state index in [0.29, 0.717) is 55.7 Å². The van der Waals surface area contributed by atoms with Crippen LogP contribution in [0.1, 0.15) is 82.4 Å². The number of nitrogens with two attached hydrogens (primary N) is 1. The van der Waals surface area contributed by atoms with E-state index in [1.165, 1.54) is 12.1 Å². The van der Waals surface area contributed by atoms with E-state index in [-0.39, 0.29) is 62.7 Å². The van der Waals surface area contributed by atoms with E-state index in [9.17, 15) is 33.9 Å². The number of phenolic OH excluding ortho intramolecular Hbond substituents is 1. The van der Waals surface area contributed by atoms with Crippen LogP contribution in [0.15, 0.2) is 83.9 Å². The Morgan fingerprint density at radius 3 is 2.11 bits per heavy atom. The molecule has 2 atom stereocenters. The summed E-state index contributed by atoms with van der Waals surface area (Å²) in [7, 11) is 0. The Labute approximate surface area is 362 Å². The van der Waals surface area contributed by atoms with Crippen LogP contribution >= 0.6 is 0 Å². The summed E-state index contributed by atoms with van der Waals surface area (Å²) in [6.07, 6.45) is 1.45. The normalized spacial score (nSPS) is 12.2. The third kappa shape index (κ3) is 19.9. The number of aromatic hydroxyl groups is 1. The SMILES string of the molecule is CCC(=O)NCCNC(=O)/N=C(/N)NCCC[C@@H](NC(=O)C(c1ccccc1)c1cccc(OCCCCNC(=O)CNC(=O)OC(C)(C)C)c1)C(=O)NCc1ccc(O)cc1. The highest BCUT2D eigenvalue weighted by Gasteiger charge is 2.28. The van der Waals surface area contributed by atoms with Crippen LogP contribution in [0, 0.1) is 0 Å². The molecule has 0 saturated heterocycles. The van der Waals surface area contributed by atoms with Gasteiger partial charge in [-0.05, 0) is 87.4 Å². The number of alkyl carbamates (subject to hydrolysis) is 1. The zero-order valence-electron chi connectivity index (χ0n) is 35.9. The first-order chi connectivity index (χ1) is 29.6. The Bertz CT molecular complexity index is 1940. The van der Waals surface area contributed by atoms with Crippen LogP contribution < -0.4 is 47.7 Å². The summed E-state index contributed by atoms with van der Waals surface area (Å²) in [6, 6.07) is 21.1. The van der Waals surface area contributed by atoms with E-state index in [1.807, 2.05) is 36.4 Å². The molecular weight excluding hydrogens is 799 g/mol. The number of phenols is 1. The van der Waals surface area contributed by atoms with E-state index >= 15 is 0 Å². The molecule has 0 saturated carbocycles. The van der Waals surface area contributed by atoms with Crippen LogP contribution in [0.3, 0.4) is 0 Å². The molecule has 0 aromatic heterocycles. The molecule has 0 aliphatic carbocycles. The molecule has 10 N–H and O–H groups in total. The van der Waals surface area contributed by atoms with Gasteiger partial charge in [0.05, 0.1) is 19.1 Å². The Morgan fingerprint density at radius 1 is 0.726 bits per heavy atom. The molecule has 336 valence electrons. The van der Waals surface area contributed by atoms with Crippen molar-refractivity contribution in [2.24, 2.45) is 10.7 Å². The summed E-state index contributed by atoms with van der Waals surface area (Å²) in [4.78, 5) is 79.1. The molecule has 0 radical (unpaired) electrons. The smallest absolute Gasteiger partial charge is 0.408 e. The molecule has 7 amide bonds. The number of amides is 7. The van der Waals surface area contributed by atoms with Crippen molar-refractivity contribution in [1.82, 2.24) is 37.2 Å². The van der Waals surface area contributed by atoms with E-state index in [4.69, 9.17) is 15.2 Å². The number of hydrogen-bond donors (Lipinski definition) is 9. The van der Waals surface area contributed by atoms with Crippen molar-refractivity contribution < 1.29 is 43.3 Å². The van der Waals surface area contributed by atoms with E-state index < -0.39 is 41.5 Å². The quantitative estimate of drug-likeness (QED) is 0.0380. The molecule has 0 spiro atoms.